The molecule has 1 spiro atoms. The Bertz CT molecular complexity index is 1090. The van der Waals surface area contributed by atoms with Crippen LogP contribution in [0.1, 0.15) is 65.0 Å². The number of fused-ring (bicyclic) bond motifs is 1. The summed E-state index contributed by atoms with van der Waals surface area (Å²) < 4.78 is 17.6. The lowest BCUT2D eigenvalue weighted by atomic mass is 9.83. The summed E-state index contributed by atoms with van der Waals surface area (Å²) in [7, 11) is 0. The number of carboxylic acids is 1. The normalized spacial score (nSPS) is 21.0. The van der Waals surface area contributed by atoms with Crippen LogP contribution in [0.5, 0.6) is 5.75 Å². The summed E-state index contributed by atoms with van der Waals surface area (Å²) in [4.78, 5) is 11.1. The maximum Gasteiger partial charge on any atom is 0.304 e. The van der Waals surface area contributed by atoms with Gasteiger partial charge in [-0.3, -0.25) is 4.79 Å². The van der Waals surface area contributed by atoms with Crippen molar-refractivity contribution in [1.82, 2.24) is 0 Å². The summed E-state index contributed by atoms with van der Waals surface area (Å²) in [5.41, 5.74) is 9.09. The van der Waals surface area contributed by atoms with Gasteiger partial charge in [-0.25, -0.2) is 0 Å². The summed E-state index contributed by atoms with van der Waals surface area (Å²) in [6.45, 7) is 6.30. The van der Waals surface area contributed by atoms with E-state index in [0.717, 1.165) is 43.4 Å². The van der Waals surface area contributed by atoms with Crippen LogP contribution in [0.15, 0.2) is 36.4 Å². The summed E-state index contributed by atoms with van der Waals surface area (Å²) >= 11 is 0. The first-order valence-electron chi connectivity index (χ1n) is 12.0. The molecular weight excluding hydrogens is 416 g/mol. The number of ether oxygens (including phenoxy) is 3. The fourth-order valence-corrected chi connectivity index (χ4v) is 5.58. The quantitative estimate of drug-likeness (QED) is 0.645. The summed E-state index contributed by atoms with van der Waals surface area (Å²) in [5, 5.41) is 9.11. The average molecular weight is 449 g/mol. The molecule has 5 nitrogen and oxygen atoms in total. The first-order valence-corrected chi connectivity index (χ1v) is 12.0. The molecule has 1 N–H and O–H groups in total. The summed E-state index contributed by atoms with van der Waals surface area (Å²) in [6, 6.07) is 10.8. The lowest BCUT2D eigenvalue weighted by molar-refractivity contribution is -0.159. The van der Waals surface area contributed by atoms with Crippen LogP contribution in [0.25, 0.3) is 5.57 Å². The average Bonchev–Trinajstić information content (AvgIpc) is 3.41. The zero-order valence-corrected chi connectivity index (χ0v) is 19.5. The number of carbonyl (C=O) groups is 1. The molecule has 1 saturated heterocycles. The molecule has 5 rings (SSSR count). The molecule has 0 bridgehead atoms. The maximum atomic E-state index is 11.1. The Morgan fingerprint density at radius 3 is 2.67 bits per heavy atom. The molecule has 2 heterocycles. The Kier molecular flexibility index (Phi) is 6.02. The van der Waals surface area contributed by atoms with Gasteiger partial charge in [-0.15, -0.1) is 0 Å². The predicted molar refractivity (Wildman–Crippen MR) is 127 cm³/mol. The highest BCUT2D eigenvalue weighted by molar-refractivity contribution is 5.72. The molecule has 2 aromatic carbocycles. The molecule has 0 aromatic heterocycles. The van der Waals surface area contributed by atoms with Crippen LogP contribution in [0.3, 0.4) is 0 Å². The minimum Gasteiger partial charge on any atom is -0.493 e. The number of allylic oxidation sites excluding steroid dienone is 1. The first-order chi connectivity index (χ1) is 15.9. The van der Waals surface area contributed by atoms with Gasteiger partial charge in [0.25, 0.3) is 0 Å². The molecule has 174 valence electrons. The number of benzene rings is 2. The van der Waals surface area contributed by atoms with Gasteiger partial charge in [0, 0.05) is 24.3 Å². The largest absolute Gasteiger partial charge is 0.493 e. The second-order valence-corrected chi connectivity index (χ2v) is 9.56. The Balaban J connectivity index is 1.30. The number of aryl methyl sites for hydroxylation is 3. The molecule has 1 fully saturated rings. The van der Waals surface area contributed by atoms with Gasteiger partial charge in [-0.2, -0.15) is 0 Å². The van der Waals surface area contributed by atoms with E-state index in [1.165, 1.54) is 33.4 Å². The van der Waals surface area contributed by atoms with Crippen molar-refractivity contribution in [2.45, 2.75) is 64.1 Å². The van der Waals surface area contributed by atoms with E-state index in [1.807, 2.05) is 0 Å². The third kappa shape index (κ3) is 4.44. The Morgan fingerprint density at radius 1 is 1.12 bits per heavy atom. The van der Waals surface area contributed by atoms with Crippen LogP contribution < -0.4 is 4.74 Å². The van der Waals surface area contributed by atoms with Gasteiger partial charge < -0.3 is 19.3 Å². The Labute approximate surface area is 195 Å². The molecule has 2 aliphatic heterocycles. The van der Waals surface area contributed by atoms with E-state index in [9.17, 15) is 4.79 Å². The fourth-order valence-electron chi connectivity index (χ4n) is 5.58. The maximum absolute atomic E-state index is 11.1. The number of hydrogen-bond acceptors (Lipinski definition) is 4. The highest BCUT2D eigenvalue weighted by Crippen LogP contribution is 2.41. The zero-order chi connectivity index (χ0) is 23.0. The van der Waals surface area contributed by atoms with Crippen LogP contribution >= 0.6 is 0 Å². The van der Waals surface area contributed by atoms with Gasteiger partial charge in [-0.05, 0) is 72.6 Å². The molecule has 5 heteroatoms. The predicted octanol–water partition coefficient (Wildman–Crippen LogP) is 5.35. The van der Waals surface area contributed by atoms with Gasteiger partial charge in [0.15, 0.2) is 5.79 Å². The van der Waals surface area contributed by atoms with Crippen LogP contribution in [0, 0.1) is 13.8 Å². The number of hydrogen-bond donors (Lipinski definition) is 1. The third-order valence-corrected chi connectivity index (χ3v) is 7.42. The van der Waals surface area contributed by atoms with E-state index < -0.39 is 5.97 Å². The van der Waals surface area contributed by atoms with Crippen molar-refractivity contribution < 1.29 is 24.1 Å². The minimum absolute atomic E-state index is 0.0450. The number of aliphatic carboxylic acids is 1. The van der Waals surface area contributed by atoms with E-state index in [0.29, 0.717) is 19.8 Å². The molecule has 0 amide bonds. The second-order valence-electron chi connectivity index (χ2n) is 9.56. The molecule has 0 saturated carbocycles. The lowest BCUT2D eigenvalue weighted by Gasteiger charge is -2.31. The molecule has 3 aliphatic rings. The molecule has 0 unspecified atom stereocenters. The highest BCUT2D eigenvalue weighted by Gasteiger charge is 2.38. The molecule has 1 aliphatic carbocycles. The first kappa shape index (κ1) is 22.2. The topological polar surface area (TPSA) is 65.0 Å². The van der Waals surface area contributed by atoms with Crippen molar-refractivity contribution in [3.8, 4) is 5.75 Å². The van der Waals surface area contributed by atoms with Gasteiger partial charge in [0.2, 0.25) is 0 Å². The minimum atomic E-state index is -0.780. The molecule has 1 atom stereocenters. The standard InChI is InChI=1S/C28H32O5/c1-18-3-6-21(19(2)27(18)22-9-11-28(12-10-22)32-13-14-33-28)7-4-20-5-8-24-23(16-26(29)30)17-31-25(24)15-20/h3,5-6,8-9,15,23H,4,7,10-14,16-17H2,1-2H3,(H,29,30)/t23-/m1/s1. The van der Waals surface area contributed by atoms with E-state index in [4.69, 9.17) is 19.3 Å². The van der Waals surface area contributed by atoms with E-state index >= 15 is 0 Å². The highest BCUT2D eigenvalue weighted by atomic mass is 16.7. The lowest BCUT2D eigenvalue weighted by Crippen LogP contribution is -2.31. The van der Waals surface area contributed by atoms with Crippen LogP contribution in [0.4, 0.5) is 0 Å². The molecule has 0 radical (unpaired) electrons. The molecule has 33 heavy (non-hydrogen) atoms. The SMILES string of the molecule is Cc1ccc(CCc2ccc3c(c2)OC[C@H]3CC(=O)O)c(C)c1C1=CCC2(CC1)OCCO2. The zero-order valence-electron chi connectivity index (χ0n) is 19.5. The van der Waals surface area contributed by atoms with Crippen molar-refractivity contribution in [2.75, 3.05) is 19.8 Å². The van der Waals surface area contributed by atoms with Crippen molar-refractivity contribution >= 4 is 11.5 Å². The van der Waals surface area contributed by atoms with E-state index in [1.54, 1.807) is 0 Å². The fraction of sp³-hybridized carbons (Fsp3) is 0.464. The molecule has 2 aromatic rings. The number of carboxylic acid groups (broad SMARTS) is 1. The summed E-state index contributed by atoms with van der Waals surface area (Å²) in [5.74, 6) is -0.367. The van der Waals surface area contributed by atoms with Crippen LogP contribution in [-0.2, 0) is 27.1 Å². The van der Waals surface area contributed by atoms with Crippen molar-refractivity contribution in [1.29, 1.82) is 0 Å². The molecular formula is C28H32O5. The monoisotopic (exact) mass is 448 g/mol. The smallest absolute Gasteiger partial charge is 0.304 e. The van der Waals surface area contributed by atoms with Gasteiger partial charge in [0.05, 0.1) is 26.2 Å². The van der Waals surface area contributed by atoms with Crippen molar-refractivity contribution in [3.05, 3.63) is 69.8 Å². The number of rotatable bonds is 6. The van der Waals surface area contributed by atoms with E-state index in [2.05, 4.69) is 50.3 Å². The van der Waals surface area contributed by atoms with Crippen molar-refractivity contribution in [2.24, 2.45) is 0 Å². The Hall–Kier alpha value is -2.63. The second kappa shape index (κ2) is 8.96. The van der Waals surface area contributed by atoms with Crippen LogP contribution in [0.2, 0.25) is 0 Å². The third-order valence-electron chi connectivity index (χ3n) is 7.42. The summed E-state index contributed by atoms with van der Waals surface area (Å²) in [6.07, 6.45) is 7.04. The van der Waals surface area contributed by atoms with Crippen molar-refractivity contribution in [3.63, 3.8) is 0 Å². The van der Waals surface area contributed by atoms with Gasteiger partial charge in [-0.1, -0.05) is 30.3 Å². The Morgan fingerprint density at radius 2 is 1.94 bits per heavy atom. The van der Waals surface area contributed by atoms with E-state index in [-0.39, 0.29) is 18.1 Å². The van der Waals surface area contributed by atoms with Crippen LogP contribution in [-0.4, -0.2) is 36.7 Å². The van der Waals surface area contributed by atoms with Gasteiger partial charge in [0.1, 0.15) is 5.75 Å². The van der Waals surface area contributed by atoms with Gasteiger partial charge >= 0.3 is 5.97 Å².